The quantitative estimate of drug-likeness (QED) is 0.916. The van der Waals surface area contributed by atoms with Crippen molar-refractivity contribution >= 4 is 6.03 Å². The van der Waals surface area contributed by atoms with Crippen molar-refractivity contribution in [3.63, 3.8) is 0 Å². The predicted molar refractivity (Wildman–Crippen MR) is 83.8 cm³/mol. The molecule has 1 aliphatic rings. The molecule has 1 heterocycles. The molecule has 1 saturated heterocycles. The minimum Gasteiger partial charge on any atom is -0.334 e. The number of amides is 2. The van der Waals surface area contributed by atoms with Crippen molar-refractivity contribution in [2.45, 2.75) is 25.4 Å². The lowest BCUT2D eigenvalue weighted by atomic mass is 10.0. The molecule has 4 heteroatoms. The van der Waals surface area contributed by atoms with Crippen molar-refractivity contribution in [2.24, 2.45) is 0 Å². The molecule has 0 spiro atoms. The third-order valence-electron chi connectivity index (χ3n) is 4.06. The maximum Gasteiger partial charge on any atom is 0.318 e. The van der Waals surface area contributed by atoms with E-state index in [1.165, 1.54) is 6.07 Å². The van der Waals surface area contributed by atoms with Gasteiger partial charge in [0.2, 0.25) is 0 Å². The molecule has 114 valence electrons. The number of urea groups is 1. The molecule has 1 atom stereocenters. The maximum absolute atomic E-state index is 14.0. The summed E-state index contributed by atoms with van der Waals surface area (Å²) in [7, 11) is 0. The number of hydrogen-bond donors (Lipinski definition) is 1. The Labute approximate surface area is 129 Å². The molecule has 1 aliphatic heterocycles. The van der Waals surface area contributed by atoms with Gasteiger partial charge in [-0.15, -0.1) is 0 Å². The van der Waals surface area contributed by atoms with E-state index in [0.29, 0.717) is 18.7 Å². The van der Waals surface area contributed by atoms with Crippen LogP contribution in [-0.4, -0.2) is 17.5 Å². The average molecular weight is 298 g/mol. The molecule has 1 fully saturated rings. The van der Waals surface area contributed by atoms with Crippen LogP contribution in [0.15, 0.2) is 54.6 Å². The van der Waals surface area contributed by atoms with Crippen LogP contribution in [0.2, 0.25) is 0 Å². The van der Waals surface area contributed by atoms with E-state index >= 15 is 0 Å². The molecule has 3 rings (SSSR count). The first-order valence-electron chi connectivity index (χ1n) is 7.58. The minimum absolute atomic E-state index is 0.130. The highest BCUT2D eigenvalue weighted by atomic mass is 19.1. The topological polar surface area (TPSA) is 32.3 Å². The van der Waals surface area contributed by atoms with E-state index in [-0.39, 0.29) is 17.9 Å². The second-order valence-electron chi connectivity index (χ2n) is 5.52. The highest BCUT2D eigenvalue weighted by Crippen LogP contribution is 2.33. The molecule has 3 nitrogen and oxygen atoms in total. The largest absolute Gasteiger partial charge is 0.334 e. The molecule has 0 bridgehead atoms. The van der Waals surface area contributed by atoms with Crippen LogP contribution in [0.3, 0.4) is 0 Å². The van der Waals surface area contributed by atoms with Crippen LogP contribution in [0.5, 0.6) is 0 Å². The SMILES string of the molecule is O=C(NCc1ccccc1)N1CCC[C@H]1c1ccccc1F. The third-order valence-corrected chi connectivity index (χ3v) is 4.06. The standard InChI is InChI=1S/C18H19FN2O/c19-16-10-5-4-9-15(16)17-11-6-12-21(17)18(22)20-13-14-7-2-1-3-8-14/h1-5,7-10,17H,6,11-13H2,(H,20,22)/t17-/m0/s1. The first-order chi connectivity index (χ1) is 10.8. The first kappa shape index (κ1) is 14.6. The van der Waals surface area contributed by atoms with Crippen molar-refractivity contribution < 1.29 is 9.18 Å². The summed E-state index contributed by atoms with van der Waals surface area (Å²) in [6.45, 7) is 1.15. The molecule has 0 radical (unpaired) electrons. The Bertz CT molecular complexity index is 645. The fourth-order valence-electron chi connectivity index (χ4n) is 2.95. The van der Waals surface area contributed by atoms with Gasteiger partial charge in [0.15, 0.2) is 0 Å². The van der Waals surface area contributed by atoms with Crippen LogP contribution in [0.1, 0.15) is 30.0 Å². The number of benzene rings is 2. The molecule has 22 heavy (non-hydrogen) atoms. The van der Waals surface area contributed by atoms with Crippen LogP contribution in [0.25, 0.3) is 0 Å². The van der Waals surface area contributed by atoms with Gasteiger partial charge in [0.1, 0.15) is 5.82 Å². The van der Waals surface area contributed by atoms with Gasteiger partial charge in [-0.2, -0.15) is 0 Å². The third kappa shape index (κ3) is 3.11. The summed E-state index contributed by atoms with van der Waals surface area (Å²) < 4.78 is 14.0. The zero-order valence-corrected chi connectivity index (χ0v) is 12.3. The highest BCUT2D eigenvalue weighted by Gasteiger charge is 2.31. The molecule has 1 N–H and O–H groups in total. The molecule has 2 amide bonds. The van der Waals surface area contributed by atoms with E-state index in [9.17, 15) is 9.18 Å². The Morgan fingerprint density at radius 1 is 1.14 bits per heavy atom. The van der Waals surface area contributed by atoms with Crippen LogP contribution >= 0.6 is 0 Å². The fraction of sp³-hybridized carbons (Fsp3) is 0.278. The number of nitrogens with zero attached hydrogens (tertiary/aromatic N) is 1. The Kier molecular flexibility index (Phi) is 4.37. The molecule has 2 aromatic carbocycles. The number of halogens is 1. The lowest BCUT2D eigenvalue weighted by molar-refractivity contribution is 0.191. The molecule has 2 aromatic rings. The fourth-order valence-corrected chi connectivity index (χ4v) is 2.95. The Hall–Kier alpha value is -2.36. The van der Waals surface area contributed by atoms with Crippen LogP contribution < -0.4 is 5.32 Å². The summed E-state index contributed by atoms with van der Waals surface area (Å²) in [5.74, 6) is -0.241. The minimum atomic E-state index is -0.241. The number of carbonyl (C=O) groups is 1. The summed E-state index contributed by atoms with van der Waals surface area (Å²) in [5.41, 5.74) is 1.66. The lowest BCUT2D eigenvalue weighted by Gasteiger charge is -2.25. The van der Waals surface area contributed by atoms with Crippen molar-refractivity contribution in [1.29, 1.82) is 0 Å². The lowest BCUT2D eigenvalue weighted by Crippen LogP contribution is -2.39. The summed E-state index contributed by atoms with van der Waals surface area (Å²) in [4.78, 5) is 14.1. The van der Waals surface area contributed by atoms with E-state index in [1.807, 2.05) is 36.4 Å². The Balaban J connectivity index is 1.68. The van der Waals surface area contributed by atoms with E-state index < -0.39 is 0 Å². The van der Waals surface area contributed by atoms with Crippen LogP contribution in [0, 0.1) is 5.82 Å². The van der Waals surface area contributed by atoms with Crippen LogP contribution in [-0.2, 0) is 6.54 Å². The van der Waals surface area contributed by atoms with Crippen LogP contribution in [0.4, 0.5) is 9.18 Å². The van der Waals surface area contributed by atoms with E-state index in [4.69, 9.17) is 0 Å². The van der Waals surface area contributed by atoms with Gasteiger partial charge in [0, 0.05) is 18.7 Å². The van der Waals surface area contributed by atoms with Gasteiger partial charge in [-0.1, -0.05) is 48.5 Å². The second-order valence-corrected chi connectivity index (χ2v) is 5.52. The molecule has 0 aromatic heterocycles. The molecule has 0 saturated carbocycles. The predicted octanol–water partition coefficient (Wildman–Crippen LogP) is 3.87. The first-order valence-corrected chi connectivity index (χ1v) is 7.58. The van der Waals surface area contributed by atoms with E-state index in [1.54, 1.807) is 17.0 Å². The zero-order chi connectivity index (χ0) is 15.4. The molecule has 0 aliphatic carbocycles. The van der Waals surface area contributed by atoms with E-state index in [0.717, 1.165) is 18.4 Å². The van der Waals surface area contributed by atoms with Crippen molar-refractivity contribution in [3.8, 4) is 0 Å². The molecule has 0 unspecified atom stereocenters. The highest BCUT2D eigenvalue weighted by molar-refractivity contribution is 5.75. The summed E-state index contributed by atoms with van der Waals surface area (Å²) in [5, 5.41) is 2.92. The monoisotopic (exact) mass is 298 g/mol. The smallest absolute Gasteiger partial charge is 0.318 e. The number of likely N-dealkylation sites (tertiary alicyclic amines) is 1. The number of carbonyl (C=O) groups excluding carboxylic acids is 1. The van der Waals surface area contributed by atoms with Gasteiger partial charge >= 0.3 is 6.03 Å². The van der Waals surface area contributed by atoms with Gasteiger partial charge in [0.25, 0.3) is 0 Å². The van der Waals surface area contributed by atoms with Gasteiger partial charge in [-0.05, 0) is 24.5 Å². The van der Waals surface area contributed by atoms with Crippen molar-refractivity contribution in [1.82, 2.24) is 10.2 Å². The van der Waals surface area contributed by atoms with Gasteiger partial charge in [-0.25, -0.2) is 9.18 Å². The molecular weight excluding hydrogens is 279 g/mol. The number of rotatable bonds is 3. The van der Waals surface area contributed by atoms with Gasteiger partial charge in [0.05, 0.1) is 6.04 Å². The second kappa shape index (κ2) is 6.60. The number of nitrogens with one attached hydrogen (secondary N) is 1. The van der Waals surface area contributed by atoms with Crippen molar-refractivity contribution in [3.05, 3.63) is 71.5 Å². The normalized spacial score (nSPS) is 17.5. The summed E-state index contributed by atoms with van der Waals surface area (Å²) >= 11 is 0. The molecular formula is C18H19FN2O. The van der Waals surface area contributed by atoms with Gasteiger partial charge < -0.3 is 10.2 Å². The Morgan fingerprint density at radius 3 is 2.64 bits per heavy atom. The van der Waals surface area contributed by atoms with E-state index in [2.05, 4.69) is 5.32 Å². The Morgan fingerprint density at radius 2 is 1.86 bits per heavy atom. The summed E-state index contributed by atoms with van der Waals surface area (Å²) in [6.07, 6.45) is 1.71. The average Bonchev–Trinajstić information content (AvgIpc) is 3.03. The number of hydrogen-bond acceptors (Lipinski definition) is 1. The van der Waals surface area contributed by atoms with Crippen molar-refractivity contribution in [2.75, 3.05) is 6.54 Å². The maximum atomic E-state index is 14.0. The summed E-state index contributed by atoms with van der Waals surface area (Å²) in [6, 6.07) is 16.2. The van der Waals surface area contributed by atoms with Gasteiger partial charge in [-0.3, -0.25) is 0 Å². The zero-order valence-electron chi connectivity index (χ0n) is 12.3.